The maximum absolute atomic E-state index is 11.4. The van der Waals surface area contributed by atoms with Crippen LogP contribution in [0.5, 0.6) is 0 Å². The number of carbonyl (C=O) groups is 1. The van der Waals surface area contributed by atoms with Crippen LogP contribution in [0.3, 0.4) is 0 Å². The average Bonchev–Trinajstić information content (AvgIpc) is 2.82. The third kappa shape index (κ3) is 2.12. The largest absolute Gasteiger partial charge is 0.295 e. The van der Waals surface area contributed by atoms with E-state index in [1.807, 2.05) is 19.1 Å². The second kappa shape index (κ2) is 5.30. The molecule has 0 amide bonds. The van der Waals surface area contributed by atoms with Gasteiger partial charge >= 0.3 is 0 Å². The molecule has 3 rings (SSSR count). The Morgan fingerprint density at radius 2 is 1.40 bits per heavy atom. The fraction of sp³-hybridized carbons (Fsp3) is 0.105. The summed E-state index contributed by atoms with van der Waals surface area (Å²) in [5.41, 5.74) is 6.20. The van der Waals surface area contributed by atoms with Crippen molar-refractivity contribution in [3.63, 3.8) is 0 Å². The van der Waals surface area contributed by atoms with E-state index in [0.29, 0.717) is 6.42 Å². The number of benzene rings is 2. The number of hydrogen-bond acceptors (Lipinski definition) is 1. The molecule has 0 fully saturated rings. The summed E-state index contributed by atoms with van der Waals surface area (Å²) < 4.78 is 0. The van der Waals surface area contributed by atoms with Crippen molar-refractivity contribution in [2.75, 3.05) is 0 Å². The first-order chi connectivity index (χ1) is 9.81. The van der Waals surface area contributed by atoms with Gasteiger partial charge < -0.3 is 0 Å². The molecule has 0 atom stereocenters. The molecular weight excluding hydrogens is 244 g/mol. The van der Waals surface area contributed by atoms with Crippen molar-refractivity contribution in [3.8, 4) is 11.1 Å². The maximum Gasteiger partial charge on any atom is 0.155 e. The van der Waals surface area contributed by atoms with Crippen molar-refractivity contribution in [3.05, 3.63) is 77.9 Å². The fourth-order valence-corrected chi connectivity index (χ4v) is 2.60. The summed E-state index contributed by atoms with van der Waals surface area (Å²) in [6.07, 6.45) is 6.10. The first-order valence-electron chi connectivity index (χ1n) is 6.91. The van der Waals surface area contributed by atoms with E-state index in [0.717, 1.165) is 0 Å². The summed E-state index contributed by atoms with van der Waals surface area (Å²) in [6, 6.07) is 16.8. The Morgan fingerprint density at radius 3 is 1.90 bits per heavy atom. The number of allylic oxidation sites excluding steroid dienone is 3. The number of fused-ring (bicyclic) bond motifs is 3. The van der Waals surface area contributed by atoms with Gasteiger partial charge in [-0.3, -0.25) is 4.79 Å². The lowest BCUT2D eigenvalue weighted by Crippen LogP contribution is -1.86. The molecular formula is C19H16O. The summed E-state index contributed by atoms with van der Waals surface area (Å²) in [7, 11) is 0. The normalized spacial score (nSPS) is 12.3. The van der Waals surface area contributed by atoms with E-state index in [1.54, 1.807) is 6.08 Å². The van der Waals surface area contributed by atoms with Crippen LogP contribution < -0.4 is 0 Å². The van der Waals surface area contributed by atoms with Crippen LogP contribution in [0, 0.1) is 0 Å². The molecule has 0 heterocycles. The standard InChI is InChI=1S/C19H16O/c1-2-14(20)8-7-13-19-17-11-5-3-9-15(17)16-10-4-6-12-18(16)19/h3-13H,2H2,1H3/b8-7+. The Balaban J connectivity index is 2.10. The molecule has 0 bridgehead atoms. The number of rotatable bonds is 3. The van der Waals surface area contributed by atoms with Gasteiger partial charge in [-0.1, -0.05) is 67.6 Å². The first-order valence-corrected chi connectivity index (χ1v) is 6.91. The SMILES string of the molecule is CCC(=O)/C=C/C=C1c2ccccc2-c2ccccc21. The van der Waals surface area contributed by atoms with Gasteiger partial charge in [0.25, 0.3) is 0 Å². The summed E-state index contributed by atoms with van der Waals surface area (Å²) in [4.78, 5) is 11.4. The lowest BCUT2D eigenvalue weighted by Gasteiger charge is -2.00. The zero-order valence-electron chi connectivity index (χ0n) is 11.5. The van der Waals surface area contributed by atoms with Crippen molar-refractivity contribution < 1.29 is 4.79 Å². The van der Waals surface area contributed by atoms with Gasteiger partial charge in [-0.2, -0.15) is 0 Å². The highest BCUT2D eigenvalue weighted by Crippen LogP contribution is 2.43. The molecule has 0 radical (unpaired) electrons. The van der Waals surface area contributed by atoms with Gasteiger partial charge in [-0.05, 0) is 33.9 Å². The summed E-state index contributed by atoms with van der Waals surface area (Å²) in [5.74, 6) is 0.154. The van der Waals surface area contributed by atoms with Crippen LogP contribution in [0.1, 0.15) is 24.5 Å². The topological polar surface area (TPSA) is 17.1 Å². The summed E-state index contributed by atoms with van der Waals surface area (Å²) in [6.45, 7) is 1.87. The zero-order valence-corrected chi connectivity index (χ0v) is 11.5. The molecule has 1 aliphatic carbocycles. The van der Waals surface area contributed by atoms with E-state index in [-0.39, 0.29) is 5.78 Å². The van der Waals surface area contributed by atoms with Gasteiger partial charge in [0, 0.05) is 6.42 Å². The van der Waals surface area contributed by atoms with Crippen LogP contribution >= 0.6 is 0 Å². The highest BCUT2D eigenvalue weighted by Gasteiger charge is 2.21. The molecule has 1 heteroatoms. The lowest BCUT2D eigenvalue weighted by molar-refractivity contribution is -0.114. The second-order valence-corrected chi connectivity index (χ2v) is 4.85. The molecule has 0 aliphatic heterocycles. The summed E-state index contributed by atoms with van der Waals surface area (Å²) in [5, 5.41) is 0. The Hall–Kier alpha value is -2.41. The molecule has 2 aromatic carbocycles. The van der Waals surface area contributed by atoms with Crippen LogP contribution in [-0.2, 0) is 4.79 Å². The molecule has 1 nitrogen and oxygen atoms in total. The van der Waals surface area contributed by atoms with Crippen molar-refractivity contribution in [2.45, 2.75) is 13.3 Å². The van der Waals surface area contributed by atoms with E-state index < -0.39 is 0 Å². The average molecular weight is 260 g/mol. The monoisotopic (exact) mass is 260 g/mol. The quantitative estimate of drug-likeness (QED) is 0.627. The molecule has 0 saturated carbocycles. The molecule has 1 aliphatic rings. The minimum Gasteiger partial charge on any atom is -0.295 e. The molecule has 0 saturated heterocycles. The Kier molecular flexibility index (Phi) is 3.34. The zero-order chi connectivity index (χ0) is 13.9. The second-order valence-electron chi connectivity index (χ2n) is 4.85. The first kappa shape index (κ1) is 12.6. The van der Waals surface area contributed by atoms with E-state index >= 15 is 0 Å². The van der Waals surface area contributed by atoms with Crippen molar-refractivity contribution in [2.24, 2.45) is 0 Å². The van der Waals surface area contributed by atoms with Gasteiger partial charge in [-0.25, -0.2) is 0 Å². The molecule has 0 spiro atoms. The van der Waals surface area contributed by atoms with Crippen LogP contribution in [0.4, 0.5) is 0 Å². The van der Waals surface area contributed by atoms with E-state index in [2.05, 4.69) is 48.5 Å². The van der Waals surface area contributed by atoms with Gasteiger partial charge in [0.1, 0.15) is 0 Å². The maximum atomic E-state index is 11.4. The Morgan fingerprint density at radius 1 is 0.900 bits per heavy atom. The Labute approximate surface area is 119 Å². The van der Waals surface area contributed by atoms with Crippen LogP contribution in [0.2, 0.25) is 0 Å². The number of hydrogen-bond donors (Lipinski definition) is 0. The lowest BCUT2D eigenvalue weighted by atomic mass is 10.0. The third-order valence-corrected chi connectivity index (χ3v) is 3.62. The van der Waals surface area contributed by atoms with Crippen LogP contribution in [-0.4, -0.2) is 5.78 Å². The van der Waals surface area contributed by atoms with Gasteiger partial charge in [-0.15, -0.1) is 0 Å². The predicted molar refractivity (Wildman–Crippen MR) is 83.4 cm³/mol. The predicted octanol–water partition coefficient (Wildman–Crippen LogP) is 4.63. The smallest absolute Gasteiger partial charge is 0.155 e. The number of ketones is 1. The van der Waals surface area contributed by atoms with Gasteiger partial charge in [0.05, 0.1) is 0 Å². The van der Waals surface area contributed by atoms with Gasteiger partial charge in [0.15, 0.2) is 5.78 Å². The minimum absolute atomic E-state index is 0.154. The van der Waals surface area contributed by atoms with Gasteiger partial charge in [0.2, 0.25) is 0 Å². The minimum atomic E-state index is 0.154. The Bertz CT molecular complexity index is 673. The number of carbonyl (C=O) groups excluding carboxylic acids is 1. The van der Waals surface area contributed by atoms with Crippen molar-refractivity contribution in [1.82, 2.24) is 0 Å². The fourth-order valence-electron chi connectivity index (χ4n) is 2.60. The highest BCUT2D eigenvalue weighted by atomic mass is 16.1. The third-order valence-electron chi connectivity index (χ3n) is 3.62. The molecule has 20 heavy (non-hydrogen) atoms. The molecule has 0 aromatic heterocycles. The van der Waals surface area contributed by atoms with E-state index in [9.17, 15) is 4.79 Å². The summed E-state index contributed by atoms with van der Waals surface area (Å²) >= 11 is 0. The van der Waals surface area contributed by atoms with Crippen LogP contribution in [0.15, 0.2) is 66.8 Å². The van der Waals surface area contributed by atoms with Crippen molar-refractivity contribution >= 4 is 11.4 Å². The molecule has 98 valence electrons. The molecule has 2 aromatic rings. The molecule has 0 unspecified atom stereocenters. The molecule has 0 N–H and O–H groups in total. The van der Waals surface area contributed by atoms with Crippen LogP contribution in [0.25, 0.3) is 16.7 Å². The van der Waals surface area contributed by atoms with Crippen molar-refractivity contribution in [1.29, 1.82) is 0 Å². The van der Waals surface area contributed by atoms with E-state index in [4.69, 9.17) is 0 Å². The van der Waals surface area contributed by atoms with E-state index in [1.165, 1.54) is 27.8 Å². The highest BCUT2D eigenvalue weighted by molar-refractivity contribution is 6.01.